The SMILES string of the molecule is CC(C)(C)c1cc(NC(=O)CSc2n[nH]c(N)n2)n(-c2ccccc2)n1. The molecule has 0 radical (unpaired) electrons. The normalized spacial score (nSPS) is 11.5. The standard InChI is InChI=1S/C17H21N7OS/c1-17(2,3)12-9-13(24(23-12)11-7-5-4-6-8-11)19-14(25)10-26-16-20-15(18)21-22-16/h4-9H,10H2,1-3H3,(H,19,25)(H3,18,20,21,22). The summed E-state index contributed by atoms with van der Waals surface area (Å²) in [5, 5.41) is 14.5. The van der Waals surface area contributed by atoms with Gasteiger partial charge in [0, 0.05) is 11.5 Å². The predicted molar refractivity (Wildman–Crippen MR) is 102 cm³/mol. The Morgan fingerprint density at radius 3 is 2.65 bits per heavy atom. The Bertz CT molecular complexity index is 895. The first-order chi connectivity index (χ1) is 12.3. The Kier molecular flexibility index (Phi) is 4.99. The summed E-state index contributed by atoms with van der Waals surface area (Å²) in [5.41, 5.74) is 7.12. The lowest BCUT2D eigenvalue weighted by Crippen LogP contribution is -2.17. The van der Waals surface area contributed by atoms with E-state index in [2.05, 4.69) is 46.4 Å². The fraction of sp³-hybridized carbons (Fsp3) is 0.294. The molecule has 1 aromatic carbocycles. The van der Waals surface area contributed by atoms with Crippen molar-refractivity contribution in [2.45, 2.75) is 31.3 Å². The van der Waals surface area contributed by atoms with Gasteiger partial charge in [0.2, 0.25) is 17.0 Å². The average Bonchev–Trinajstić information content (AvgIpc) is 3.20. The van der Waals surface area contributed by atoms with Crippen LogP contribution in [0.5, 0.6) is 0 Å². The second kappa shape index (κ2) is 7.20. The summed E-state index contributed by atoms with van der Waals surface area (Å²) in [6.45, 7) is 6.25. The number of para-hydroxylation sites is 1. The van der Waals surface area contributed by atoms with E-state index in [0.29, 0.717) is 11.0 Å². The molecule has 9 heteroatoms. The van der Waals surface area contributed by atoms with Crippen molar-refractivity contribution in [2.75, 3.05) is 16.8 Å². The number of thioether (sulfide) groups is 1. The largest absolute Gasteiger partial charge is 0.368 e. The van der Waals surface area contributed by atoms with Gasteiger partial charge < -0.3 is 11.1 Å². The molecule has 0 fully saturated rings. The number of nitrogens with two attached hydrogens (primary N) is 1. The van der Waals surface area contributed by atoms with Gasteiger partial charge in [-0.2, -0.15) is 10.1 Å². The zero-order chi connectivity index (χ0) is 18.7. The fourth-order valence-corrected chi connectivity index (χ4v) is 2.84. The van der Waals surface area contributed by atoms with Crippen LogP contribution in [-0.2, 0) is 10.2 Å². The average molecular weight is 371 g/mol. The molecule has 2 aromatic heterocycles. The van der Waals surface area contributed by atoms with Crippen LogP contribution in [0.3, 0.4) is 0 Å². The van der Waals surface area contributed by atoms with E-state index in [1.807, 2.05) is 36.4 Å². The van der Waals surface area contributed by atoms with Crippen LogP contribution in [0.1, 0.15) is 26.5 Å². The molecule has 0 bridgehead atoms. The van der Waals surface area contributed by atoms with Gasteiger partial charge in [-0.3, -0.25) is 4.79 Å². The first kappa shape index (κ1) is 18.0. The second-order valence-electron chi connectivity index (χ2n) is 6.75. The van der Waals surface area contributed by atoms with E-state index >= 15 is 0 Å². The maximum absolute atomic E-state index is 12.4. The number of carbonyl (C=O) groups excluding carboxylic acids is 1. The number of H-pyrrole nitrogens is 1. The smallest absolute Gasteiger partial charge is 0.236 e. The van der Waals surface area contributed by atoms with Crippen LogP contribution >= 0.6 is 11.8 Å². The third-order valence-corrected chi connectivity index (χ3v) is 4.41. The number of benzene rings is 1. The maximum atomic E-state index is 12.4. The van der Waals surface area contributed by atoms with Crippen molar-refractivity contribution in [3.05, 3.63) is 42.1 Å². The Morgan fingerprint density at radius 2 is 2.04 bits per heavy atom. The minimum Gasteiger partial charge on any atom is -0.368 e. The number of hydrogen-bond donors (Lipinski definition) is 3. The highest BCUT2D eigenvalue weighted by Crippen LogP contribution is 2.26. The van der Waals surface area contributed by atoms with Crippen LogP contribution in [0.15, 0.2) is 41.6 Å². The van der Waals surface area contributed by atoms with Gasteiger partial charge in [-0.05, 0) is 12.1 Å². The van der Waals surface area contributed by atoms with Crippen molar-refractivity contribution >= 4 is 29.4 Å². The first-order valence-corrected chi connectivity index (χ1v) is 9.08. The van der Waals surface area contributed by atoms with Crippen LogP contribution in [-0.4, -0.2) is 36.6 Å². The Hall–Kier alpha value is -2.81. The van der Waals surface area contributed by atoms with Gasteiger partial charge >= 0.3 is 0 Å². The molecule has 3 aromatic rings. The molecule has 26 heavy (non-hydrogen) atoms. The lowest BCUT2D eigenvalue weighted by atomic mass is 9.92. The number of nitrogen functional groups attached to an aromatic ring is 1. The van der Waals surface area contributed by atoms with E-state index in [4.69, 9.17) is 5.73 Å². The molecule has 3 rings (SSSR count). The Balaban J connectivity index is 1.79. The first-order valence-electron chi connectivity index (χ1n) is 8.09. The molecule has 0 spiro atoms. The number of rotatable bonds is 5. The van der Waals surface area contributed by atoms with Crippen molar-refractivity contribution in [3.63, 3.8) is 0 Å². The van der Waals surface area contributed by atoms with E-state index in [1.165, 1.54) is 11.8 Å². The van der Waals surface area contributed by atoms with E-state index < -0.39 is 0 Å². The van der Waals surface area contributed by atoms with Crippen LogP contribution in [0.25, 0.3) is 5.69 Å². The number of nitrogens with one attached hydrogen (secondary N) is 2. The molecule has 4 N–H and O–H groups in total. The van der Waals surface area contributed by atoms with Crippen LogP contribution in [0, 0.1) is 0 Å². The highest BCUT2D eigenvalue weighted by atomic mass is 32.2. The monoisotopic (exact) mass is 371 g/mol. The van der Waals surface area contributed by atoms with Crippen LogP contribution in [0.2, 0.25) is 0 Å². The highest BCUT2D eigenvalue weighted by Gasteiger charge is 2.21. The van der Waals surface area contributed by atoms with E-state index in [1.54, 1.807) is 4.68 Å². The van der Waals surface area contributed by atoms with E-state index in [-0.39, 0.29) is 23.0 Å². The number of aromatic nitrogens is 5. The summed E-state index contributed by atoms with van der Waals surface area (Å²) in [6.07, 6.45) is 0. The van der Waals surface area contributed by atoms with Gasteiger partial charge in [0.25, 0.3) is 0 Å². The van der Waals surface area contributed by atoms with Gasteiger partial charge in [0.05, 0.1) is 17.1 Å². The summed E-state index contributed by atoms with van der Waals surface area (Å²) in [4.78, 5) is 16.3. The van der Waals surface area contributed by atoms with Crippen molar-refractivity contribution in [1.82, 2.24) is 25.0 Å². The lowest BCUT2D eigenvalue weighted by Gasteiger charge is -2.14. The molecule has 0 aliphatic heterocycles. The zero-order valence-corrected chi connectivity index (χ0v) is 15.7. The second-order valence-corrected chi connectivity index (χ2v) is 7.69. The number of nitrogens with zero attached hydrogens (tertiary/aromatic N) is 4. The number of hydrogen-bond acceptors (Lipinski definition) is 6. The maximum Gasteiger partial charge on any atom is 0.236 e. The van der Waals surface area contributed by atoms with Crippen molar-refractivity contribution in [3.8, 4) is 5.69 Å². The summed E-state index contributed by atoms with van der Waals surface area (Å²) in [5.74, 6) is 0.851. The van der Waals surface area contributed by atoms with Crippen molar-refractivity contribution < 1.29 is 4.79 Å². The number of aromatic amines is 1. The number of anilines is 2. The van der Waals surface area contributed by atoms with Gasteiger partial charge in [-0.1, -0.05) is 50.7 Å². The molecule has 8 nitrogen and oxygen atoms in total. The van der Waals surface area contributed by atoms with E-state index in [9.17, 15) is 4.79 Å². The Morgan fingerprint density at radius 1 is 1.31 bits per heavy atom. The molecule has 0 aliphatic rings. The molecule has 0 aliphatic carbocycles. The molecule has 0 atom stereocenters. The number of amides is 1. The van der Waals surface area contributed by atoms with Crippen LogP contribution in [0.4, 0.5) is 11.8 Å². The highest BCUT2D eigenvalue weighted by molar-refractivity contribution is 7.99. The minimum atomic E-state index is -0.170. The fourth-order valence-electron chi connectivity index (χ4n) is 2.23. The molecule has 0 unspecified atom stereocenters. The summed E-state index contributed by atoms with van der Waals surface area (Å²) >= 11 is 1.21. The third-order valence-electron chi connectivity index (χ3n) is 3.56. The quantitative estimate of drug-likeness (QED) is 0.594. The number of carbonyl (C=O) groups is 1. The van der Waals surface area contributed by atoms with E-state index in [0.717, 1.165) is 11.4 Å². The van der Waals surface area contributed by atoms with Gasteiger partial charge in [0.15, 0.2) is 0 Å². The zero-order valence-electron chi connectivity index (χ0n) is 14.9. The molecular weight excluding hydrogens is 350 g/mol. The molecule has 0 saturated carbocycles. The molecule has 136 valence electrons. The topological polar surface area (TPSA) is 115 Å². The summed E-state index contributed by atoms with van der Waals surface area (Å²) < 4.78 is 1.74. The van der Waals surface area contributed by atoms with Crippen molar-refractivity contribution in [2.24, 2.45) is 0 Å². The van der Waals surface area contributed by atoms with Gasteiger partial charge in [0.1, 0.15) is 5.82 Å². The Labute approximate surface area is 155 Å². The van der Waals surface area contributed by atoms with Crippen LogP contribution < -0.4 is 11.1 Å². The molecule has 1 amide bonds. The van der Waals surface area contributed by atoms with Gasteiger partial charge in [-0.25, -0.2) is 9.78 Å². The predicted octanol–water partition coefficient (Wildman–Crippen LogP) is 2.60. The summed E-state index contributed by atoms with van der Waals surface area (Å²) in [6, 6.07) is 11.6. The van der Waals surface area contributed by atoms with Crippen molar-refractivity contribution in [1.29, 1.82) is 0 Å². The summed E-state index contributed by atoms with van der Waals surface area (Å²) in [7, 11) is 0. The third kappa shape index (κ3) is 4.23. The molecule has 0 saturated heterocycles. The molecule has 2 heterocycles. The minimum absolute atomic E-state index is 0.134. The lowest BCUT2D eigenvalue weighted by molar-refractivity contribution is -0.113. The molecular formula is C17H21N7OS. The van der Waals surface area contributed by atoms with Gasteiger partial charge in [-0.15, -0.1) is 5.10 Å².